The highest BCUT2D eigenvalue weighted by Crippen LogP contribution is 2.16. The first-order valence-electron chi connectivity index (χ1n) is 6.83. The van der Waals surface area contributed by atoms with E-state index in [1.807, 2.05) is 19.9 Å². The number of ether oxygens (including phenoxy) is 2. The molecule has 1 aromatic carbocycles. The second-order valence-corrected chi connectivity index (χ2v) is 4.79. The van der Waals surface area contributed by atoms with E-state index >= 15 is 0 Å². The number of amides is 1. The number of aromatic nitrogens is 1. The molecule has 2 rings (SSSR count). The van der Waals surface area contributed by atoms with Gasteiger partial charge in [-0.05, 0) is 44.2 Å². The van der Waals surface area contributed by atoms with Crippen molar-refractivity contribution >= 4 is 12.1 Å². The molecule has 22 heavy (non-hydrogen) atoms. The lowest BCUT2D eigenvalue weighted by Crippen LogP contribution is -2.24. The molecule has 0 unspecified atom stereocenters. The quantitative estimate of drug-likeness (QED) is 0.634. The summed E-state index contributed by atoms with van der Waals surface area (Å²) >= 11 is 0. The van der Waals surface area contributed by atoms with Crippen LogP contribution in [0.25, 0.3) is 0 Å². The molecule has 0 radical (unpaired) electrons. The van der Waals surface area contributed by atoms with Gasteiger partial charge in [0.15, 0.2) is 6.61 Å². The Bertz CT molecular complexity index is 660. The zero-order chi connectivity index (χ0) is 15.9. The molecule has 0 bridgehead atoms. The van der Waals surface area contributed by atoms with Crippen LogP contribution in [0.15, 0.2) is 35.4 Å². The Morgan fingerprint density at radius 3 is 2.55 bits per heavy atom. The minimum atomic E-state index is -0.322. The second-order valence-electron chi connectivity index (χ2n) is 4.79. The highest BCUT2D eigenvalue weighted by atomic mass is 16.5. The third-order valence-corrected chi connectivity index (χ3v) is 3.01. The topological polar surface area (TPSA) is 75.7 Å². The maximum Gasteiger partial charge on any atom is 0.277 e. The van der Waals surface area contributed by atoms with Crippen LogP contribution in [0.1, 0.15) is 17.0 Å². The number of rotatable bonds is 6. The molecule has 0 fully saturated rings. The van der Waals surface area contributed by atoms with Crippen molar-refractivity contribution in [3.63, 3.8) is 0 Å². The number of benzene rings is 1. The lowest BCUT2D eigenvalue weighted by atomic mass is 10.3. The summed E-state index contributed by atoms with van der Waals surface area (Å²) in [6, 6.07) is 8.96. The predicted octanol–water partition coefficient (Wildman–Crippen LogP) is 2.17. The maximum atomic E-state index is 11.6. The number of carbonyl (C=O) groups excluding carboxylic acids is 1. The Morgan fingerprint density at radius 1 is 1.27 bits per heavy atom. The number of hydrazone groups is 1. The molecule has 0 aliphatic carbocycles. The molecule has 0 saturated carbocycles. The number of hydrogen-bond donors (Lipinski definition) is 2. The van der Waals surface area contributed by atoms with E-state index < -0.39 is 0 Å². The average molecular weight is 301 g/mol. The Kier molecular flexibility index (Phi) is 5.19. The van der Waals surface area contributed by atoms with Crippen molar-refractivity contribution in [1.29, 1.82) is 0 Å². The van der Waals surface area contributed by atoms with Crippen molar-refractivity contribution in [2.24, 2.45) is 5.10 Å². The average Bonchev–Trinajstić information content (AvgIpc) is 2.83. The van der Waals surface area contributed by atoms with Gasteiger partial charge in [0, 0.05) is 17.0 Å². The van der Waals surface area contributed by atoms with E-state index in [1.54, 1.807) is 37.6 Å². The molecule has 116 valence electrons. The molecule has 1 amide bonds. The number of nitrogens with zero attached hydrogens (tertiary/aromatic N) is 1. The molecule has 2 N–H and O–H groups in total. The molecule has 0 spiro atoms. The highest BCUT2D eigenvalue weighted by molar-refractivity contribution is 5.84. The van der Waals surface area contributed by atoms with Crippen LogP contribution >= 0.6 is 0 Å². The Labute approximate surface area is 129 Å². The summed E-state index contributed by atoms with van der Waals surface area (Å²) in [6.07, 6.45) is 1.60. The van der Waals surface area contributed by atoms with Crippen LogP contribution in [-0.2, 0) is 4.79 Å². The molecule has 2 aromatic rings. The summed E-state index contributed by atoms with van der Waals surface area (Å²) in [7, 11) is 1.59. The third kappa shape index (κ3) is 4.37. The second kappa shape index (κ2) is 7.31. The number of nitrogens with one attached hydrogen (secondary N) is 2. The van der Waals surface area contributed by atoms with Gasteiger partial charge in [-0.1, -0.05) is 0 Å². The van der Waals surface area contributed by atoms with Crippen molar-refractivity contribution in [2.75, 3.05) is 13.7 Å². The van der Waals surface area contributed by atoms with Gasteiger partial charge in [-0.25, -0.2) is 5.43 Å². The monoisotopic (exact) mass is 301 g/mol. The van der Waals surface area contributed by atoms with Gasteiger partial charge in [0.05, 0.1) is 13.3 Å². The molecule has 0 saturated heterocycles. The molecular weight excluding hydrogens is 282 g/mol. The van der Waals surface area contributed by atoms with Gasteiger partial charge in [-0.3, -0.25) is 4.79 Å². The third-order valence-electron chi connectivity index (χ3n) is 3.01. The molecule has 6 nitrogen and oxygen atoms in total. The van der Waals surface area contributed by atoms with Crippen molar-refractivity contribution in [2.45, 2.75) is 13.8 Å². The summed E-state index contributed by atoms with van der Waals surface area (Å²) in [5.41, 5.74) is 5.42. The normalized spacial score (nSPS) is 10.7. The van der Waals surface area contributed by atoms with Crippen LogP contribution in [-0.4, -0.2) is 30.8 Å². The largest absolute Gasteiger partial charge is 0.497 e. The number of carbonyl (C=O) groups is 1. The minimum Gasteiger partial charge on any atom is -0.497 e. The summed E-state index contributed by atoms with van der Waals surface area (Å²) in [6.45, 7) is 3.81. The first kappa shape index (κ1) is 15.6. The van der Waals surface area contributed by atoms with Crippen LogP contribution in [0.3, 0.4) is 0 Å². The summed E-state index contributed by atoms with van der Waals surface area (Å²) < 4.78 is 10.4. The van der Waals surface area contributed by atoms with Crippen LogP contribution < -0.4 is 14.9 Å². The zero-order valence-corrected chi connectivity index (χ0v) is 12.8. The van der Waals surface area contributed by atoms with Crippen LogP contribution in [0.5, 0.6) is 11.5 Å². The Hall–Kier alpha value is -2.76. The maximum absolute atomic E-state index is 11.6. The SMILES string of the molecule is COc1ccc(OCC(=O)N/N=C/c2cc(C)[nH]c2C)cc1. The van der Waals surface area contributed by atoms with E-state index in [0.29, 0.717) is 5.75 Å². The van der Waals surface area contributed by atoms with E-state index in [0.717, 1.165) is 22.7 Å². The van der Waals surface area contributed by atoms with Gasteiger partial charge < -0.3 is 14.5 Å². The van der Waals surface area contributed by atoms with Gasteiger partial charge in [0.2, 0.25) is 0 Å². The molecule has 0 atom stereocenters. The van der Waals surface area contributed by atoms with E-state index in [9.17, 15) is 4.79 Å². The number of H-pyrrole nitrogens is 1. The van der Waals surface area contributed by atoms with Gasteiger partial charge >= 0.3 is 0 Å². The fourth-order valence-electron chi connectivity index (χ4n) is 1.91. The smallest absolute Gasteiger partial charge is 0.277 e. The first-order valence-corrected chi connectivity index (χ1v) is 6.83. The summed E-state index contributed by atoms with van der Waals surface area (Å²) in [4.78, 5) is 14.8. The molecule has 1 aromatic heterocycles. The fourth-order valence-corrected chi connectivity index (χ4v) is 1.91. The molecule has 6 heteroatoms. The minimum absolute atomic E-state index is 0.102. The van der Waals surface area contributed by atoms with Crippen molar-refractivity contribution < 1.29 is 14.3 Å². The van der Waals surface area contributed by atoms with Gasteiger partial charge in [-0.15, -0.1) is 0 Å². The number of aryl methyl sites for hydroxylation is 2. The van der Waals surface area contributed by atoms with Crippen molar-refractivity contribution in [3.8, 4) is 11.5 Å². The number of hydrogen-bond acceptors (Lipinski definition) is 4. The highest BCUT2D eigenvalue weighted by Gasteiger charge is 2.02. The predicted molar refractivity (Wildman–Crippen MR) is 84.5 cm³/mol. The number of methoxy groups -OCH3 is 1. The van der Waals surface area contributed by atoms with Crippen molar-refractivity contribution in [3.05, 3.63) is 47.3 Å². The van der Waals surface area contributed by atoms with Crippen LogP contribution in [0.4, 0.5) is 0 Å². The summed E-state index contributed by atoms with van der Waals surface area (Å²) in [5.74, 6) is 1.01. The molecule has 0 aliphatic rings. The summed E-state index contributed by atoms with van der Waals surface area (Å²) in [5, 5.41) is 3.91. The van der Waals surface area contributed by atoms with E-state index in [-0.39, 0.29) is 12.5 Å². The van der Waals surface area contributed by atoms with Gasteiger partial charge in [0.25, 0.3) is 5.91 Å². The van der Waals surface area contributed by atoms with E-state index in [4.69, 9.17) is 9.47 Å². The first-order chi connectivity index (χ1) is 10.6. The van der Waals surface area contributed by atoms with Gasteiger partial charge in [-0.2, -0.15) is 5.10 Å². The van der Waals surface area contributed by atoms with Crippen molar-refractivity contribution in [1.82, 2.24) is 10.4 Å². The fraction of sp³-hybridized carbons (Fsp3) is 0.250. The Morgan fingerprint density at radius 2 is 1.95 bits per heavy atom. The van der Waals surface area contributed by atoms with Gasteiger partial charge in [0.1, 0.15) is 11.5 Å². The molecular formula is C16H19N3O3. The Balaban J connectivity index is 1.79. The standard InChI is InChI=1S/C16H19N3O3/c1-11-8-13(12(2)18-11)9-17-19-16(20)10-22-15-6-4-14(21-3)5-7-15/h4-9,18H,10H2,1-3H3,(H,19,20)/b17-9+. The van der Waals surface area contributed by atoms with E-state index in [1.165, 1.54) is 0 Å². The molecule has 0 aliphatic heterocycles. The lowest BCUT2D eigenvalue weighted by molar-refractivity contribution is -0.123. The number of aromatic amines is 1. The zero-order valence-electron chi connectivity index (χ0n) is 12.8. The van der Waals surface area contributed by atoms with E-state index in [2.05, 4.69) is 15.5 Å². The molecule has 1 heterocycles. The van der Waals surface area contributed by atoms with Crippen LogP contribution in [0.2, 0.25) is 0 Å². The lowest BCUT2D eigenvalue weighted by Gasteiger charge is -2.05. The van der Waals surface area contributed by atoms with Crippen LogP contribution in [0, 0.1) is 13.8 Å².